The molecular weight excluding hydrogens is 1260 g/mol. The van der Waals surface area contributed by atoms with Crippen molar-refractivity contribution in [2.45, 2.75) is 39.5 Å². The van der Waals surface area contributed by atoms with Crippen molar-refractivity contribution in [3.05, 3.63) is 396 Å². The Balaban J connectivity index is 0.704. The van der Waals surface area contributed by atoms with E-state index in [-0.39, 0.29) is 0 Å². The maximum absolute atomic E-state index is 14.1. The van der Waals surface area contributed by atoms with Crippen LogP contribution in [-0.2, 0) is 5.41 Å². The molecule has 0 saturated carbocycles. The van der Waals surface area contributed by atoms with Crippen molar-refractivity contribution in [2.75, 3.05) is 14.7 Å². The molecule has 0 aliphatic rings. The fourth-order valence-electron chi connectivity index (χ4n) is 13.8. The average molecular weight is 1330 g/mol. The van der Waals surface area contributed by atoms with Gasteiger partial charge in [0.2, 0.25) is 0 Å². The summed E-state index contributed by atoms with van der Waals surface area (Å²) in [6, 6.07) is 114. The predicted octanol–water partition coefficient (Wildman–Crippen LogP) is 23.9. The normalized spacial score (nSPS) is 11.3. The lowest BCUT2D eigenvalue weighted by molar-refractivity contribution is 0.0725. The van der Waals surface area contributed by atoms with Crippen LogP contribution >= 0.6 is 0 Å². The number of carbonyl (C=O) groups is 3. The lowest BCUT2D eigenvalue weighted by Crippen LogP contribution is -2.28. The highest BCUT2D eigenvalue weighted by molar-refractivity contribution is 6.03. The minimum atomic E-state index is -0.816. The molecule has 0 fully saturated rings. The molecule has 0 heterocycles. The number of aryl methyl sites for hydroxylation is 3. The number of ether oxygens (including phenoxy) is 3. The molecule has 15 aromatic rings. The average Bonchev–Trinajstić information content (AvgIpc) is 0.743. The Bertz CT molecular complexity index is 4960. The summed E-state index contributed by atoms with van der Waals surface area (Å²) in [5, 5.41) is 6.68. The Kier molecular flexibility index (Phi) is 18.1. The standard InChI is InChI=1S/C93H71N3O6/c1-5-93(72-39-57-81(58-40-72)100-90(97)69-33-51-78(52-34-69)94(75-45-27-63(2)28-46-75)87-24-12-18-66-15-6-9-21-84(66)87,73-41-59-82(60-42-73)101-91(98)70-35-53-79(54-36-70)95(76-47-29-64(3)30-48-76)88-25-13-19-67-16-7-10-22-85(67)88)74-43-61-83(62-44-74)102-92(99)71-37-55-80(56-38-71)96(77-49-31-65(4)32-50-77)89-26-14-20-68-17-8-11-23-86(68)89/h6-62H,5H2,1-4H3. The number of hydrogen-bond donors (Lipinski definition) is 0. The molecule has 0 saturated heterocycles. The Labute approximate surface area is 593 Å². The Morgan fingerprint density at radius 1 is 0.265 bits per heavy atom. The maximum Gasteiger partial charge on any atom is 0.343 e. The second kappa shape index (κ2) is 28.4. The number of carbonyl (C=O) groups excluding carboxylic acids is 3. The van der Waals surface area contributed by atoms with Crippen LogP contribution in [-0.4, -0.2) is 17.9 Å². The van der Waals surface area contributed by atoms with E-state index in [1.807, 2.05) is 146 Å². The zero-order valence-electron chi connectivity index (χ0n) is 56.9. The van der Waals surface area contributed by atoms with Crippen molar-refractivity contribution in [3.63, 3.8) is 0 Å². The van der Waals surface area contributed by atoms with Crippen molar-refractivity contribution in [2.24, 2.45) is 0 Å². The Morgan fingerprint density at radius 2 is 0.490 bits per heavy atom. The summed E-state index contributed by atoms with van der Waals surface area (Å²) in [6.07, 6.45) is 0.574. The van der Waals surface area contributed by atoms with Crippen molar-refractivity contribution in [1.82, 2.24) is 0 Å². The first kappa shape index (κ1) is 64.9. The largest absolute Gasteiger partial charge is 0.423 e. The SMILES string of the molecule is CCC(c1ccc(OC(=O)c2ccc(N(c3ccc(C)cc3)c3cccc4ccccc34)cc2)cc1)(c1ccc(OC(=O)c2ccc(N(c3ccc(C)cc3)c3cccc4ccccc34)cc2)cc1)c1ccc(OC(=O)c2ccc(N(c3ccc(C)cc3)c3cccc4ccccc34)cc2)cc1. The predicted molar refractivity (Wildman–Crippen MR) is 414 cm³/mol. The molecule has 9 nitrogen and oxygen atoms in total. The van der Waals surface area contributed by atoms with Gasteiger partial charge in [0.15, 0.2) is 0 Å². The molecule has 0 atom stereocenters. The van der Waals surface area contributed by atoms with Crippen molar-refractivity contribution < 1.29 is 28.6 Å². The third-order valence-corrected chi connectivity index (χ3v) is 19.2. The van der Waals surface area contributed by atoms with Crippen molar-refractivity contribution in [3.8, 4) is 17.2 Å². The van der Waals surface area contributed by atoms with Gasteiger partial charge in [-0.25, -0.2) is 14.4 Å². The topological polar surface area (TPSA) is 88.6 Å². The number of hydrogen-bond acceptors (Lipinski definition) is 9. The number of nitrogens with zero attached hydrogens (tertiary/aromatic N) is 3. The highest BCUT2D eigenvalue weighted by Gasteiger charge is 2.35. The number of anilines is 9. The lowest BCUT2D eigenvalue weighted by Gasteiger charge is -2.35. The fourth-order valence-corrected chi connectivity index (χ4v) is 13.8. The number of rotatable bonds is 19. The molecule has 494 valence electrons. The highest BCUT2D eigenvalue weighted by atomic mass is 16.5. The van der Waals surface area contributed by atoms with Gasteiger partial charge < -0.3 is 28.9 Å². The van der Waals surface area contributed by atoms with Crippen LogP contribution in [0.25, 0.3) is 32.3 Å². The van der Waals surface area contributed by atoms with Gasteiger partial charge in [0.25, 0.3) is 0 Å². The van der Waals surface area contributed by atoms with Crippen LogP contribution in [0.2, 0.25) is 0 Å². The molecule has 0 radical (unpaired) electrons. The van der Waals surface area contributed by atoms with E-state index in [2.05, 4.69) is 206 Å². The molecular formula is C93H71N3O6. The molecule has 102 heavy (non-hydrogen) atoms. The summed E-state index contributed by atoms with van der Waals surface area (Å²) in [6.45, 7) is 8.34. The van der Waals surface area contributed by atoms with E-state index in [0.717, 1.165) is 117 Å². The van der Waals surface area contributed by atoms with Crippen molar-refractivity contribution >= 4 is 101 Å². The van der Waals surface area contributed by atoms with Crippen LogP contribution in [0, 0.1) is 20.8 Å². The van der Waals surface area contributed by atoms with Crippen LogP contribution in [0.1, 0.15) is 77.8 Å². The summed E-state index contributed by atoms with van der Waals surface area (Å²) >= 11 is 0. The smallest absolute Gasteiger partial charge is 0.343 e. The van der Waals surface area contributed by atoms with Gasteiger partial charge in [-0.2, -0.15) is 0 Å². The van der Waals surface area contributed by atoms with Crippen LogP contribution in [0.5, 0.6) is 17.2 Å². The number of fused-ring (bicyclic) bond motifs is 3. The van der Waals surface area contributed by atoms with Crippen LogP contribution in [0.4, 0.5) is 51.2 Å². The molecule has 9 heteroatoms. The van der Waals surface area contributed by atoms with Gasteiger partial charge in [-0.1, -0.05) is 206 Å². The molecule has 0 aromatic heterocycles. The van der Waals surface area contributed by atoms with E-state index in [1.54, 1.807) is 36.4 Å². The second-order valence-electron chi connectivity index (χ2n) is 25.6. The minimum absolute atomic E-state index is 0.369. The second-order valence-corrected chi connectivity index (χ2v) is 25.6. The van der Waals surface area contributed by atoms with Gasteiger partial charge in [-0.15, -0.1) is 0 Å². The molecule has 0 aliphatic carbocycles. The molecule has 0 N–H and O–H groups in total. The summed E-state index contributed by atoms with van der Waals surface area (Å²) < 4.78 is 18.4. The first-order valence-corrected chi connectivity index (χ1v) is 34.3. The number of benzene rings is 15. The maximum atomic E-state index is 14.1. The summed E-state index contributed by atoms with van der Waals surface area (Å²) in [5.74, 6) is -0.392. The molecule has 0 amide bonds. The first-order valence-electron chi connectivity index (χ1n) is 34.3. The molecule has 15 aromatic carbocycles. The van der Waals surface area contributed by atoms with E-state index < -0.39 is 23.3 Å². The molecule has 15 rings (SSSR count). The fraction of sp³-hybridized carbons (Fsp3) is 0.0645. The van der Waals surface area contributed by atoms with Gasteiger partial charge in [0, 0.05) is 55.7 Å². The summed E-state index contributed by atoms with van der Waals surface area (Å²) in [5.41, 5.74) is 15.2. The van der Waals surface area contributed by atoms with Crippen LogP contribution < -0.4 is 28.9 Å². The molecule has 0 unspecified atom stereocenters. The Hall–Kier alpha value is -13.1. The van der Waals surface area contributed by atoms with Crippen molar-refractivity contribution in [1.29, 1.82) is 0 Å². The lowest BCUT2D eigenvalue weighted by atomic mass is 9.67. The van der Waals surface area contributed by atoms with E-state index in [9.17, 15) is 14.4 Å². The van der Waals surface area contributed by atoms with Crippen LogP contribution in [0.3, 0.4) is 0 Å². The minimum Gasteiger partial charge on any atom is -0.423 e. The van der Waals surface area contributed by atoms with Gasteiger partial charge in [-0.3, -0.25) is 0 Å². The van der Waals surface area contributed by atoms with Gasteiger partial charge in [-0.05, 0) is 224 Å². The van der Waals surface area contributed by atoms with E-state index in [4.69, 9.17) is 14.2 Å². The monoisotopic (exact) mass is 1330 g/mol. The zero-order valence-corrected chi connectivity index (χ0v) is 56.9. The number of esters is 3. The molecule has 0 aliphatic heterocycles. The van der Waals surface area contributed by atoms with E-state index >= 15 is 0 Å². The zero-order chi connectivity index (χ0) is 69.7. The summed E-state index contributed by atoms with van der Waals surface area (Å²) in [7, 11) is 0. The van der Waals surface area contributed by atoms with E-state index in [1.165, 1.54) is 0 Å². The third kappa shape index (κ3) is 13.1. The van der Waals surface area contributed by atoms with Gasteiger partial charge in [0.1, 0.15) is 17.2 Å². The quantitative estimate of drug-likeness (QED) is 0.0446. The highest BCUT2D eigenvalue weighted by Crippen LogP contribution is 2.46. The molecule has 0 bridgehead atoms. The summed E-state index contributed by atoms with van der Waals surface area (Å²) in [4.78, 5) is 48.9. The third-order valence-electron chi connectivity index (χ3n) is 19.2. The Morgan fingerprint density at radius 3 is 0.735 bits per heavy atom. The first-order chi connectivity index (χ1) is 49.9. The van der Waals surface area contributed by atoms with E-state index in [0.29, 0.717) is 40.4 Å². The van der Waals surface area contributed by atoms with Gasteiger partial charge >= 0.3 is 17.9 Å². The van der Waals surface area contributed by atoms with Gasteiger partial charge in [0.05, 0.1) is 33.8 Å². The van der Waals surface area contributed by atoms with Crippen LogP contribution in [0.15, 0.2) is 346 Å². The molecule has 0 spiro atoms.